The van der Waals surface area contributed by atoms with Crippen LogP contribution < -0.4 is 10.1 Å². The monoisotopic (exact) mass is 255 g/mol. The van der Waals surface area contributed by atoms with Gasteiger partial charge in [-0.15, -0.1) is 11.8 Å². The van der Waals surface area contributed by atoms with Crippen LogP contribution in [0.15, 0.2) is 12.1 Å². The average molecular weight is 255 g/mol. The first-order valence-corrected chi connectivity index (χ1v) is 6.66. The van der Waals surface area contributed by atoms with Gasteiger partial charge in [-0.3, -0.25) is 0 Å². The molecule has 1 heterocycles. The van der Waals surface area contributed by atoms with E-state index in [0.717, 1.165) is 11.1 Å². The lowest BCUT2D eigenvalue weighted by atomic mass is 9.91. The van der Waals surface area contributed by atoms with Gasteiger partial charge in [-0.2, -0.15) is 0 Å². The number of halogens is 1. The second-order valence-corrected chi connectivity index (χ2v) is 6.39. The normalized spacial score (nSPS) is 22.1. The molecule has 0 spiro atoms. The van der Waals surface area contributed by atoms with Crippen molar-refractivity contribution in [2.75, 3.05) is 14.2 Å². The predicted molar refractivity (Wildman–Crippen MR) is 70.1 cm³/mol. The first-order chi connectivity index (χ1) is 8.01. The highest BCUT2D eigenvalue weighted by Gasteiger charge is 2.37. The van der Waals surface area contributed by atoms with Crippen molar-refractivity contribution in [2.24, 2.45) is 0 Å². The summed E-state index contributed by atoms with van der Waals surface area (Å²) in [6.45, 7) is 4.37. The molecular formula is C13H18FNOS. The lowest BCUT2D eigenvalue weighted by Crippen LogP contribution is -2.38. The van der Waals surface area contributed by atoms with Gasteiger partial charge in [0.1, 0.15) is 0 Å². The third kappa shape index (κ3) is 2.04. The summed E-state index contributed by atoms with van der Waals surface area (Å²) in [5.41, 5.74) is 1.82. The van der Waals surface area contributed by atoms with Gasteiger partial charge in [-0.1, -0.05) is 6.07 Å². The second-order valence-electron chi connectivity index (χ2n) is 4.76. The molecule has 0 radical (unpaired) electrons. The quantitative estimate of drug-likeness (QED) is 0.877. The molecule has 1 N–H and O–H groups in total. The van der Waals surface area contributed by atoms with Crippen molar-refractivity contribution >= 4 is 11.8 Å². The third-order valence-electron chi connectivity index (χ3n) is 3.35. The average Bonchev–Trinajstić information content (AvgIpc) is 2.28. The van der Waals surface area contributed by atoms with Crippen LogP contribution in [0.3, 0.4) is 0 Å². The highest BCUT2D eigenvalue weighted by molar-refractivity contribution is 8.00. The Labute approximate surface area is 106 Å². The molecule has 2 nitrogen and oxygen atoms in total. The zero-order chi connectivity index (χ0) is 12.6. The van der Waals surface area contributed by atoms with Crippen LogP contribution in [-0.2, 0) is 5.75 Å². The van der Waals surface area contributed by atoms with Crippen molar-refractivity contribution in [3.8, 4) is 5.75 Å². The number of methoxy groups -OCH3 is 1. The second kappa shape index (κ2) is 4.50. The van der Waals surface area contributed by atoms with Crippen molar-refractivity contribution in [3.63, 3.8) is 0 Å². The van der Waals surface area contributed by atoms with Crippen LogP contribution in [0.4, 0.5) is 4.39 Å². The maximum absolute atomic E-state index is 14.2. The van der Waals surface area contributed by atoms with Crippen LogP contribution >= 0.6 is 11.8 Å². The van der Waals surface area contributed by atoms with Crippen molar-refractivity contribution < 1.29 is 9.13 Å². The molecule has 0 bridgehead atoms. The fourth-order valence-corrected chi connectivity index (χ4v) is 3.63. The summed E-state index contributed by atoms with van der Waals surface area (Å²) in [6, 6.07) is 3.85. The number of thioether (sulfide) groups is 1. The first kappa shape index (κ1) is 12.7. The van der Waals surface area contributed by atoms with E-state index in [1.54, 1.807) is 17.8 Å². The Balaban J connectivity index is 2.53. The van der Waals surface area contributed by atoms with E-state index < -0.39 is 0 Å². The summed E-state index contributed by atoms with van der Waals surface area (Å²) in [7, 11) is 3.42. The summed E-state index contributed by atoms with van der Waals surface area (Å²) in [5.74, 6) is 0.816. The van der Waals surface area contributed by atoms with Crippen LogP contribution in [-0.4, -0.2) is 18.9 Å². The summed E-state index contributed by atoms with van der Waals surface area (Å²) < 4.78 is 19.2. The summed E-state index contributed by atoms with van der Waals surface area (Å²) in [5, 5.41) is 3.29. The summed E-state index contributed by atoms with van der Waals surface area (Å²) in [6.07, 6.45) is 0. The molecule has 1 atom stereocenters. The summed E-state index contributed by atoms with van der Waals surface area (Å²) in [4.78, 5) is 0. The highest BCUT2D eigenvalue weighted by Crippen LogP contribution is 2.47. The molecule has 0 fully saturated rings. The van der Waals surface area contributed by atoms with Gasteiger partial charge < -0.3 is 10.1 Å². The minimum absolute atomic E-state index is 0.0722. The van der Waals surface area contributed by atoms with E-state index >= 15 is 0 Å². The summed E-state index contributed by atoms with van der Waals surface area (Å²) >= 11 is 1.77. The molecule has 0 saturated heterocycles. The van der Waals surface area contributed by atoms with Crippen molar-refractivity contribution in [2.45, 2.75) is 30.4 Å². The number of fused-ring (bicyclic) bond motifs is 1. The molecule has 0 aliphatic carbocycles. The molecule has 4 heteroatoms. The molecule has 1 aromatic carbocycles. The fraction of sp³-hybridized carbons (Fsp3) is 0.538. The standard InChI is InChI=1S/C13H18FNOS/c1-13(2)12(15-3)8-5-6-10(16-4)11(14)9(8)7-17-13/h5-6,12,15H,7H2,1-4H3. The van der Waals surface area contributed by atoms with E-state index in [1.807, 2.05) is 13.1 Å². The zero-order valence-corrected chi connectivity index (χ0v) is 11.5. The van der Waals surface area contributed by atoms with Gasteiger partial charge >= 0.3 is 0 Å². The van der Waals surface area contributed by atoms with E-state index in [-0.39, 0.29) is 16.6 Å². The Bertz CT molecular complexity index is 434. The Hall–Kier alpha value is -0.740. The Kier molecular flexibility index (Phi) is 3.36. The molecule has 17 heavy (non-hydrogen) atoms. The van der Waals surface area contributed by atoms with Gasteiger partial charge in [0.25, 0.3) is 0 Å². The molecular weight excluding hydrogens is 237 g/mol. The Morgan fingerprint density at radius 2 is 2.18 bits per heavy atom. The van der Waals surface area contributed by atoms with Gasteiger partial charge in [0.05, 0.1) is 7.11 Å². The Morgan fingerprint density at radius 1 is 1.47 bits per heavy atom. The first-order valence-electron chi connectivity index (χ1n) is 5.67. The van der Waals surface area contributed by atoms with Crippen LogP contribution in [0.2, 0.25) is 0 Å². The van der Waals surface area contributed by atoms with Crippen LogP contribution in [0.25, 0.3) is 0 Å². The van der Waals surface area contributed by atoms with Crippen molar-refractivity contribution in [1.29, 1.82) is 0 Å². The van der Waals surface area contributed by atoms with Crippen LogP contribution in [0.5, 0.6) is 5.75 Å². The molecule has 0 saturated carbocycles. The minimum atomic E-state index is -0.215. The van der Waals surface area contributed by atoms with Gasteiger partial charge in [0.2, 0.25) is 0 Å². The molecule has 0 amide bonds. The van der Waals surface area contributed by atoms with E-state index in [4.69, 9.17) is 4.74 Å². The number of nitrogens with one attached hydrogen (secondary N) is 1. The predicted octanol–water partition coefficient (Wildman–Crippen LogP) is 3.12. The lowest BCUT2D eigenvalue weighted by molar-refractivity contribution is 0.381. The highest BCUT2D eigenvalue weighted by atomic mass is 32.2. The number of benzene rings is 1. The molecule has 1 unspecified atom stereocenters. The van der Waals surface area contributed by atoms with E-state index in [0.29, 0.717) is 11.5 Å². The minimum Gasteiger partial charge on any atom is -0.494 e. The molecule has 0 aromatic heterocycles. The number of rotatable bonds is 2. The zero-order valence-electron chi connectivity index (χ0n) is 10.6. The number of hydrogen-bond donors (Lipinski definition) is 1. The van der Waals surface area contributed by atoms with Gasteiger partial charge in [-0.05, 0) is 32.5 Å². The fourth-order valence-electron chi connectivity index (χ4n) is 2.41. The van der Waals surface area contributed by atoms with Gasteiger partial charge in [-0.25, -0.2) is 4.39 Å². The van der Waals surface area contributed by atoms with Crippen LogP contribution in [0, 0.1) is 5.82 Å². The largest absolute Gasteiger partial charge is 0.494 e. The molecule has 94 valence electrons. The molecule has 1 aliphatic heterocycles. The Morgan fingerprint density at radius 3 is 2.76 bits per heavy atom. The number of ether oxygens (including phenoxy) is 1. The smallest absolute Gasteiger partial charge is 0.169 e. The van der Waals surface area contributed by atoms with Crippen LogP contribution in [0.1, 0.15) is 31.0 Å². The van der Waals surface area contributed by atoms with Crippen molar-refractivity contribution in [1.82, 2.24) is 5.32 Å². The molecule has 1 aliphatic rings. The van der Waals surface area contributed by atoms with E-state index in [9.17, 15) is 4.39 Å². The lowest BCUT2D eigenvalue weighted by Gasteiger charge is -2.39. The van der Waals surface area contributed by atoms with Crippen molar-refractivity contribution in [3.05, 3.63) is 29.1 Å². The maximum atomic E-state index is 14.2. The van der Waals surface area contributed by atoms with E-state index in [2.05, 4.69) is 19.2 Å². The number of hydrogen-bond acceptors (Lipinski definition) is 3. The van der Waals surface area contributed by atoms with Gasteiger partial charge in [0.15, 0.2) is 11.6 Å². The SMILES string of the molecule is CNC1c2ccc(OC)c(F)c2CSC1(C)C. The third-order valence-corrected chi connectivity index (χ3v) is 4.76. The molecule has 2 rings (SSSR count). The van der Waals surface area contributed by atoms with E-state index in [1.165, 1.54) is 7.11 Å². The topological polar surface area (TPSA) is 21.3 Å². The van der Waals surface area contributed by atoms with Gasteiger partial charge in [0, 0.05) is 22.1 Å². The maximum Gasteiger partial charge on any atom is 0.169 e. The molecule has 1 aromatic rings.